The molecule has 0 radical (unpaired) electrons. The van der Waals surface area contributed by atoms with Crippen LogP contribution in [0, 0.1) is 17.5 Å². The fraction of sp³-hybridized carbons (Fsp3) is 0.0833. The molecule has 0 bridgehead atoms. The molecule has 3 aromatic carbocycles. The van der Waals surface area contributed by atoms with E-state index in [1.54, 1.807) is 18.2 Å². The van der Waals surface area contributed by atoms with Crippen LogP contribution in [0.4, 0.5) is 24.5 Å². The lowest BCUT2D eigenvalue weighted by Crippen LogP contribution is -2.32. The monoisotopic (exact) mass is 454 g/mol. The van der Waals surface area contributed by atoms with Gasteiger partial charge in [-0.2, -0.15) is 0 Å². The van der Waals surface area contributed by atoms with Crippen molar-refractivity contribution in [1.29, 1.82) is 0 Å². The quantitative estimate of drug-likeness (QED) is 0.555. The zero-order valence-corrected chi connectivity index (χ0v) is 17.5. The van der Waals surface area contributed by atoms with Crippen LogP contribution in [-0.2, 0) is 9.59 Å². The normalized spacial score (nSPS) is 13.5. The van der Waals surface area contributed by atoms with Gasteiger partial charge in [0.2, 0.25) is 0 Å². The third kappa shape index (κ3) is 4.00. The van der Waals surface area contributed by atoms with Crippen LogP contribution in [-0.4, -0.2) is 26.0 Å². The summed E-state index contributed by atoms with van der Waals surface area (Å²) in [6, 6.07) is 12.5. The number of nitrogens with zero attached hydrogens (tertiary/aromatic N) is 1. The van der Waals surface area contributed by atoms with Gasteiger partial charge in [0.05, 0.1) is 31.2 Å². The second kappa shape index (κ2) is 8.70. The zero-order valence-electron chi connectivity index (χ0n) is 17.5. The maximum Gasteiger partial charge on any atom is 0.282 e. The summed E-state index contributed by atoms with van der Waals surface area (Å²) in [5.41, 5.74) is 0.194. The second-order valence-electron chi connectivity index (χ2n) is 6.99. The van der Waals surface area contributed by atoms with E-state index in [0.29, 0.717) is 17.2 Å². The van der Waals surface area contributed by atoms with Gasteiger partial charge in [0.15, 0.2) is 11.6 Å². The Balaban J connectivity index is 1.86. The molecule has 1 heterocycles. The van der Waals surface area contributed by atoms with Gasteiger partial charge >= 0.3 is 0 Å². The molecular weight excluding hydrogens is 437 g/mol. The molecule has 2 amide bonds. The highest BCUT2D eigenvalue weighted by atomic mass is 19.2. The van der Waals surface area contributed by atoms with Crippen molar-refractivity contribution >= 4 is 28.8 Å². The van der Waals surface area contributed by atoms with E-state index in [9.17, 15) is 22.8 Å². The molecule has 0 saturated heterocycles. The predicted octanol–water partition coefficient (Wildman–Crippen LogP) is 4.52. The van der Waals surface area contributed by atoms with Crippen LogP contribution >= 0.6 is 0 Å². The molecule has 0 aliphatic carbocycles. The van der Waals surface area contributed by atoms with Crippen LogP contribution in [0.1, 0.15) is 5.56 Å². The highest BCUT2D eigenvalue weighted by molar-refractivity contribution is 6.46. The summed E-state index contributed by atoms with van der Waals surface area (Å²) in [6.45, 7) is 0. The number of hydrogen-bond donors (Lipinski definition) is 1. The summed E-state index contributed by atoms with van der Waals surface area (Å²) in [7, 11) is 2.89. The first-order chi connectivity index (χ1) is 15.8. The molecule has 0 aromatic heterocycles. The SMILES string of the molecule is COc1ccc(OC)c(NC2=C(c3ccc(F)cc3)C(=O)N(c3ccc(F)c(F)c3)C2=O)c1. The number of methoxy groups -OCH3 is 2. The molecule has 4 rings (SSSR count). The van der Waals surface area contributed by atoms with Gasteiger partial charge in [0, 0.05) is 12.1 Å². The fourth-order valence-electron chi connectivity index (χ4n) is 3.44. The van der Waals surface area contributed by atoms with Crippen molar-refractivity contribution in [1.82, 2.24) is 0 Å². The van der Waals surface area contributed by atoms with E-state index >= 15 is 0 Å². The summed E-state index contributed by atoms with van der Waals surface area (Å²) in [4.78, 5) is 27.4. The van der Waals surface area contributed by atoms with Crippen LogP contribution in [0.15, 0.2) is 66.4 Å². The van der Waals surface area contributed by atoms with Gasteiger partial charge < -0.3 is 14.8 Å². The van der Waals surface area contributed by atoms with Crippen LogP contribution in [0.5, 0.6) is 11.5 Å². The number of rotatable bonds is 6. The molecule has 3 aromatic rings. The van der Waals surface area contributed by atoms with Crippen LogP contribution in [0.25, 0.3) is 5.57 Å². The first-order valence-corrected chi connectivity index (χ1v) is 9.67. The molecule has 1 aliphatic heterocycles. The molecule has 33 heavy (non-hydrogen) atoms. The minimum Gasteiger partial charge on any atom is -0.497 e. The average molecular weight is 454 g/mol. The number of halogens is 3. The van der Waals surface area contributed by atoms with E-state index < -0.39 is 29.3 Å². The highest BCUT2D eigenvalue weighted by Gasteiger charge is 2.40. The van der Waals surface area contributed by atoms with Gasteiger partial charge in [-0.15, -0.1) is 0 Å². The predicted molar refractivity (Wildman–Crippen MR) is 115 cm³/mol. The lowest BCUT2D eigenvalue weighted by Gasteiger charge is -2.16. The Bertz CT molecular complexity index is 1290. The summed E-state index contributed by atoms with van der Waals surface area (Å²) < 4.78 is 51.3. The Kier molecular flexibility index (Phi) is 5.78. The van der Waals surface area contributed by atoms with E-state index in [2.05, 4.69) is 5.32 Å². The van der Waals surface area contributed by atoms with Gasteiger partial charge in [-0.1, -0.05) is 12.1 Å². The molecule has 6 nitrogen and oxygen atoms in total. The molecule has 1 N–H and O–H groups in total. The standard InChI is InChI=1S/C24H17F3N2O4/c1-32-16-8-10-20(33-2)19(12-16)28-22-21(13-3-5-14(25)6-4-13)23(30)29(24(22)31)15-7-9-17(26)18(27)11-15/h3-12,28H,1-2H3. The largest absolute Gasteiger partial charge is 0.497 e. The van der Waals surface area contributed by atoms with E-state index in [4.69, 9.17) is 9.47 Å². The molecule has 0 fully saturated rings. The van der Waals surface area contributed by atoms with Crippen molar-refractivity contribution in [3.8, 4) is 11.5 Å². The molecule has 168 valence electrons. The van der Waals surface area contributed by atoms with E-state index in [-0.39, 0.29) is 22.5 Å². The number of benzene rings is 3. The highest BCUT2D eigenvalue weighted by Crippen LogP contribution is 2.37. The third-order valence-corrected chi connectivity index (χ3v) is 5.04. The van der Waals surface area contributed by atoms with Crippen LogP contribution < -0.4 is 19.7 Å². The lowest BCUT2D eigenvalue weighted by atomic mass is 10.0. The number of carbonyl (C=O) groups excluding carboxylic acids is 2. The van der Waals surface area contributed by atoms with Crippen molar-refractivity contribution < 1.29 is 32.2 Å². The number of hydrogen-bond acceptors (Lipinski definition) is 5. The lowest BCUT2D eigenvalue weighted by molar-refractivity contribution is -0.120. The number of nitrogens with one attached hydrogen (secondary N) is 1. The first kappa shape index (κ1) is 21.9. The molecule has 0 atom stereocenters. The average Bonchev–Trinajstić information content (AvgIpc) is 3.05. The Hall–Kier alpha value is -4.27. The Morgan fingerprint density at radius 1 is 0.788 bits per heavy atom. The zero-order chi connectivity index (χ0) is 23.7. The fourth-order valence-corrected chi connectivity index (χ4v) is 3.44. The van der Waals surface area contributed by atoms with Crippen molar-refractivity contribution in [2.45, 2.75) is 0 Å². The first-order valence-electron chi connectivity index (χ1n) is 9.67. The Morgan fingerprint density at radius 2 is 1.52 bits per heavy atom. The van der Waals surface area contributed by atoms with E-state index in [1.807, 2.05) is 0 Å². The van der Waals surface area contributed by atoms with Crippen molar-refractivity contribution in [3.63, 3.8) is 0 Å². The van der Waals surface area contributed by atoms with Crippen molar-refractivity contribution in [2.24, 2.45) is 0 Å². The summed E-state index contributed by atoms with van der Waals surface area (Å²) in [6.07, 6.45) is 0. The topological polar surface area (TPSA) is 67.9 Å². The van der Waals surface area contributed by atoms with E-state index in [0.717, 1.165) is 35.2 Å². The van der Waals surface area contributed by atoms with Crippen molar-refractivity contribution in [3.05, 3.63) is 89.4 Å². The van der Waals surface area contributed by atoms with Gasteiger partial charge in [-0.25, -0.2) is 18.1 Å². The number of imide groups is 1. The maximum absolute atomic E-state index is 13.9. The number of carbonyl (C=O) groups is 2. The van der Waals surface area contributed by atoms with Gasteiger partial charge in [0.25, 0.3) is 11.8 Å². The molecular formula is C24H17F3N2O4. The Labute approximate surface area is 186 Å². The second-order valence-corrected chi connectivity index (χ2v) is 6.99. The molecule has 0 saturated carbocycles. The molecule has 0 unspecified atom stereocenters. The van der Waals surface area contributed by atoms with Crippen LogP contribution in [0.3, 0.4) is 0 Å². The van der Waals surface area contributed by atoms with Gasteiger partial charge in [-0.05, 0) is 42.0 Å². The van der Waals surface area contributed by atoms with Crippen molar-refractivity contribution in [2.75, 3.05) is 24.4 Å². The smallest absolute Gasteiger partial charge is 0.282 e. The minimum absolute atomic E-state index is 0.0744. The molecule has 0 spiro atoms. The summed E-state index contributed by atoms with van der Waals surface area (Å²) >= 11 is 0. The van der Waals surface area contributed by atoms with E-state index in [1.165, 1.54) is 26.4 Å². The number of amides is 2. The summed E-state index contributed by atoms with van der Waals surface area (Å²) in [5.74, 6) is -3.66. The third-order valence-electron chi connectivity index (χ3n) is 5.04. The van der Waals surface area contributed by atoms with Crippen LogP contribution in [0.2, 0.25) is 0 Å². The maximum atomic E-state index is 13.9. The number of ether oxygens (including phenoxy) is 2. The van der Waals surface area contributed by atoms with Gasteiger partial charge in [-0.3, -0.25) is 9.59 Å². The molecule has 9 heteroatoms. The minimum atomic E-state index is -1.22. The number of anilines is 2. The Morgan fingerprint density at radius 3 is 2.15 bits per heavy atom. The molecule has 1 aliphatic rings. The summed E-state index contributed by atoms with van der Waals surface area (Å²) in [5, 5.41) is 2.91. The van der Waals surface area contributed by atoms with Gasteiger partial charge in [0.1, 0.15) is 23.0 Å².